The molecule has 0 N–H and O–H groups in total. The van der Waals surface area contributed by atoms with Crippen LogP contribution in [0.3, 0.4) is 0 Å². The van der Waals surface area contributed by atoms with Crippen molar-refractivity contribution in [3.05, 3.63) is 41.7 Å². The summed E-state index contributed by atoms with van der Waals surface area (Å²) in [7, 11) is 0. The molecule has 0 radical (unpaired) electrons. The number of hydrogen-bond donors (Lipinski definition) is 0. The third kappa shape index (κ3) is 3.10. The SMILES string of the molecule is CC1(c2nnnn2Cc2ccccc2)CCC(=O)N1CC(F)(F)F. The first-order valence-corrected chi connectivity index (χ1v) is 7.47. The van der Waals surface area contributed by atoms with E-state index in [0.29, 0.717) is 6.54 Å². The van der Waals surface area contributed by atoms with Gasteiger partial charge in [0.2, 0.25) is 5.91 Å². The molecule has 2 heterocycles. The number of carbonyl (C=O) groups excluding carboxylic acids is 1. The second-order valence-electron chi connectivity index (χ2n) is 6.01. The zero-order valence-electron chi connectivity index (χ0n) is 13.0. The van der Waals surface area contributed by atoms with Crippen LogP contribution >= 0.6 is 0 Å². The summed E-state index contributed by atoms with van der Waals surface area (Å²) in [4.78, 5) is 12.8. The minimum Gasteiger partial charge on any atom is -0.321 e. The summed E-state index contributed by atoms with van der Waals surface area (Å²) in [5.41, 5.74) is -0.258. The molecule has 1 atom stereocenters. The highest BCUT2D eigenvalue weighted by atomic mass is 19.4. The van der Waals surface area contributed by atoms with E-state index in [1.165, 1.54) is 4.68 Å². The van der Waals surface area contributed by atoms with Gasteiger partial charge in [0.1, 0.15) is 12.1 Å². The Hall–Kier alpha value is -2.45. The molecule has 6 nitrogen and oxygen atoms in total. The lowest BCUT2D eigenvalue weighted by Gasteiger charge is -2.34. The third-order valence-corrected chi connectivity index (χ3v) is 4.25. The van der Waals surface area contributed by atoms with Gasteiger partial charge in [-0.25, -0.2) is 4.68 Å². The van der Waals surface area contributed by atoms with Gasteiger partial charge in [0.25, 0.3) is 0 Å². The number of aromatic nitrogens is 4. The van der Waals surface area contributed by atoms with E-state index >= 15 is 0 Å². The van der Waals surface area contributed by atoms with E-state index < -0.39 is 24.2 Å². The molecule has 0 spiro atoms. The molecule has 24 heavy (non-hydrogen) atoms. The summed E-state index contributed by atoms with van der Waals surface area (Å²) < 4.78 is 40.0. The summed E-state index contributed by atoms with van der Waals surface area (Å²) in [5.74, 6) is -0.273. The van der Waals surface area contributed by atoms with Gasteiger partial charge in [0.15, 0.2) is 5.82 Å². The Bertz CT molecular complexity index is 730. The lowest BCUT2D eigenvalue weighted by molar-refractivity contribution is -0.167. The molecule has 1 aliphatic rings. The second kappa shape index (κ2) is 5.88. The van der Waals surface area contributed by atoms with Crippen molar-refractivity contribution in [3.63, 3.8) is 0 Å². The van der Waals surface area contributed by atoms with Crippen LogP contribution < -0.4 is 0 Å². The van der Waals surface area contributed by atoms with Gasteiger partial charge in [0, 0.05) is 6.42 Å². The largest absolute Gasteiger partial charge is 0.406 e. The van der Waals surface area contributed by atoms with Crippen LogP contribution in [0.15, 0.2) is 30.3 Å². The standard InChI is InChI=1S/C15H16F3N5O/c1-14(8-7-12(24)22(14)10-15(16,17)18)13-19-20-21-23(13)9-11-5-3-2-4-6-11/h2-6H,7-10H2,1H3. The highest BCUT2D eigenvalue weighted by molar-refractivity contribution is 5.79. The van der Waals surface area contributed by atoms with Crippen molar-refractivity contribution >= 4 is 5.91 Å². The van der Waals surface area contributed by atoms with Crippen LogP contribution in [0.2, 0.25) is 0 Å². The first kappa shape index (κ1) is 16.4. The summed E-state index contributed by atoms with van der Waals surface area (Å²) in [6.45, 7) is 0.601. The summed E-state index contributed by atoms with van der Waals surface area (Å²) >= 11 is 0. The quantitative estimate of drug-likeness (QED) is 0.856. The molecule has 3 rings (SSSR count). The molecule has 9 heteroatoms. The number of hydrogen-bond acceptors (Lipinski definition) is 4. The number of tetrazole rings is 1. The average molecular weight is 339 g/mol. The second-order valence-corrected chi connectivity index (χ2v) is 6.01. The molecule has 128 valence electrons. The van der Waals surface area contributed by atoms with Crippen molar-refractivity contribution in [3.8, 4) is 0 Å². The van der Waals surface area contributed by atoms with Gasteiger partial charge in [-0.2, -0.15) is 13.2 Å². The Morgan fingerprint density at radius 3 is 2.62 bits per heavy atom. The van der Waals surface area contributed by atoms with E-state index in [9.17, 15) is 18.0 Å². The molecular weight excluding hydrogens is 323 g/mol. The van der Waals surface area contributed by atoms with Gasteiger partial charge >= 0.3 is 6.18 Å². The number of alkyl halides is 3. The topological polar surface area (TPSA) is 63.9 Å². The number of benzene rings is 1. The number of amides is 1. The van der Waals surface area contributed by atoms with Gasteiger partial charge in [-0.1, -0.05) is 30.3 Å². The molecule has 2 aromatic rings. The third-order valence-electron chi connectivity index (χ3n) is 4.25. The monoisotopic (exact) mass is 339 g/mol. The van der Waals surface area contributed by atoms with Crippen LogP contribution in [0.1, 0.15) is 31.2 Å². The van der Waals surface area contributed by atoms with E-state index in [2.05, 4.69) is 15.5 Å². The van der Waals surface area contributed by atoms with Gasteiger partial charge in [-0.3, -0.25) is 4.79 Å². The van der Waals surface area contributed by atoms with Crippen LogP contribution in [0.5, 0.6) is 0 Å². The van der Waals surface area contributed by atoms with Gasteiger partial charge < -0.3 is 4.90 Å². The van der Waals surface area contributed by atoms with Crippen molar-refractivity contribution in [2.24, 2.45) is 0 Å². The predicted molar refractivity (Wildman–Crippen MR) is 77.7 cm³/mol. The summed E-state index contributed by atoms with van der Waals surface area (Å²) in [5, 5.41) is 11.4. The molecule has 1 saturated heterocycles. The Morgan fingerprint density at radius 1 is 1.25 bits per heavy atom. The van der Waals surface area contributed by atoms with E-state index in [0.717, 1.165) is 10.5 Å². The number of halogens is 3. The van der Waals surface area contributed by atoms with Crippen molar-refractivity contribution in [2.45, 2.75) is 38.0 Å². The Kier molecular flexibility index (Phi) is 4.02. The zero-order chi connectivity index (χ0) is 17.4. The lowest BCUT2D eigenvalue weighted by Crippen LogP contribution is -2.47. The van der Waals surface area contributed by atoms with Gasteiger partial charge in [-0.05, 0) is 29.3 Å². The van der Waals surface area contributed by atoms with E-state index in [1.807, 2.05) is 30.3 Å². The average Bonchev–Trinajstić information content (AvgIpc) is 3.08. The fraction of sp³-hybridized carbons (Fsp3) is 0.467. The molecule has 0 bridgehead atoms. The number of nitrogens with zero attached hydrogens (tertiary/aromatic N) is 5. The van der Waals surface area contributed by atoms with Crippen molar-refractivity contribution < 1.29 is 18.0 Å². The van der Waals surface area contributed by atoms with Crippen molar-refractivity contribution in [1.82, 2.24) is 25.1 Å². The zero-order valence-corrected chi connectivity index (χ0v) is 13.0. The minimum atomic E-state index is -4.47. The maximum absolute atomic E-state index is 12.9. The Labute approximate surface area is 136 Å². The molecule has 1 amide bonds. The fourth-order valence-corrected chi connectivity index (χ4v) is 3.02. The molecule has 0 saturated carbocycles. The summed E-state index contributed by atoms with van der Waals surface area (Å²) in [6.07, 6.45) is -4.18. The molecule has 1 unspecified atom stereocenters. The molecule has 1 aromatic heterocycles. The minimum absolute atomic E-state index is 0.0464. The molecule has 0 aliphatic carbocycles. The lowest BCUT2D eigenvalue weighted by atomic mass is 9.97. The van der Waals surface area contributed by atoms with Crippen LogP contribution in [-0.2, 0) is 16.9 Å². The molecule has 1 aromatic carbocycles. The summed E-state index contributed by atoms with van der Waals surface area (Å²) in [6, 6.07) is 9.33. The Balaban J connectivity index is 1.93. The van der Waals surface area contributed by atoms with E-state index in [-0.39, 0.29) is 18.7 Å². The maximum Gasteiger partial charge on any atom is 0.406 e. The van der Waals surface area contributed by atoms with Crippen molar-refractivity contribution in [2.75, 3.05) is 6.54 Å². The maximum atomic E-state index is 12.9. The smallest absolute Gasteiger partial charge is 0.321 e. The molecular formula is C15H16F3N5O. The predicted octanol–water partition coefficient (Wildman–Crippen LogP) is 2.12. The van der Waals surface area contributed by atoms with Crippen LogP contribution in [0, 0.1) is 0 Å². The van der Waals surface area contributed by atoms with E-state index in [4.69, 9.17) is 0 Å². The highest BCUT2D eigenvalue weighted by Crippen LogP contribution is 2.39. The van der Waals surface area contributed by atoms with Gasteiger partial charge in [-0.15, -0.1) is 5.10 Å². The molecule has 1 fully saturated rings. The van der Waals surface area contributed by atoms with Crippen LogP contribution in [-0.4, -0.2) is 43.7 Å². The van der Waals surface area contributed by atoms with Crippen LogP contribution in [0.25, 0.3) is 0 Å². The first-order valence-electron chi connectivity index (χ1n) is 7.47. The first-order chi connectivity index (χ1) is 11.3. The number of likely N-dealkylation sites (tertiary alicyclic amines) is 1. The highest BCUT2D eigenvalue weighted by Gasteiger charge is 2.50. The van der Waals surface area contributed by atoms with Crippen LogP contribution in [0.4, 0.5) is 13.2 Å². The number of carbonyl (C=O) groups is 1. The van der Waals surface area contributed by atoms with E-state index in [1.54, 1.807) is 6.92 Å². The fourth-order valence-electron chi connectivity index (χ4n) is 3.02. The Morgan fingerprint density at radius 2 is 1.96 bits per heavy atom. The van der Waals surface area contributed by atoms with Crippen molar-refractivity contribution in [1.29, 1.82) is 0 Å². The van der Waals surface area contributed by atoms with Gasteiger partial charge in [0.05, 0.1) is 6.54 Å². The molecule has 1 aliphatic heterocycles. The number of rotatable bonds is 4. The normalized spacial score (nSPS) is 21.5.